The van der Waals surface area contributed by atoms with Gasteiger partial charge in [-0.25, -0.2) is 8.42 Å². The lowest BCUT2D eigenvalue weighted by molar-refractivity contribution is 0.000690. The van der Waals surface area contributed by atoms with Crippen LogP contribution in [-0.2, 0) is 19.5 Å². The fourth-order valence-electron chi connectivity index (χ4n) is 1.61. The fraction of sp³-hybridized carbons (Fsp3) is 1.00. The minimum atomic E-state index is -3.20. The molecule has 0 amide bonds. The van der Waals surface area contributed by atoms with E-state index in [2.05, 4.69) is 5.32 Å². The van der Waals surface area contributed by atoms with Crippen molar-refractivity contribution < 1.29 is 17.9 Å². The van der Waals surface area contributed by atoms with Crippen LogP contribution in [0.2, 0.25) is 0 Å². The summed E-state index contributed by atoms with van der Waals surface area (Å²) in [5, 5.41) is 2.98. The zero-order valence-electron chi connectivity index (χ0n) is 9.81. The summed E-state index contributed by atoms with van der Waals surface area (Å²) in [5.74, 6) is 0.0375. The number of nitrogens with one attached hydrogen (secondary N) is 1. The Labute approximate surface area is 97.0 Å². The summed E-state index contributed by atoms with van der Waals surface area (Å²) in [6.07, 6.45) is -0.0592. The molecule has 0 bridgehead atoms. The van der Waals surface area contributed by atoms with Gasteiger partial charge in [-0.2, -0.15) is 4.31 Å². The number of hydrogen-bond donors (Lipinski definition) is 1. The van der Waals surface area contributed by atoms with Gasteiger partial charge in [0.1, 0.15) is 0 Å². The molecule has 0 radical (unpaired) electrons. The van der Waals surface area contributed by atoms with Crippen LogP contribution in [-0.4, -0.2) is 71.6 Å². The first-order chi connectivity index (χ1) is 7.60. The first kappa shape index (κ1) is 13.9. The van der Waals surface area contributed by atoms with Crippen molar-refractivity contribution in [2.45, 2.75) is 6.10 Å². The van der Waals surface area contributed by atoms with Crippen LogP contribution in [0.5, 0.6) is 0 Å². The third kappa shape index (κ3) is 3.99. The summed E-state index contributed by atoms with van der Waals surface area (Å²) in [4.78, 5) is 0. The van der Waals surface area contributed by atoms with Crippen molar-refractivity contribution in [2.75, 3.05) is 52.8 Å². The van der Waals surface area contributed by atoms with Crippen LogP contribution < -0.4 is 5.32 Å². The molecule has 0 aliphatic carbocycles. The molecule has 1 heterocycles. The first-order valence-electron chi connectivity index (χ1n) is 5.33. The number of sulfonamides is 1. The largest absolute Gasteiger partial charge is 0.384 e. The molecule has 0 aromatic heterocycles. The van der Waals surface area contributed by atoms with Crippen LogP contribution >= 0.6 is 0 Å². The molecule has 7 heteroatoms. The molecule has 1 rings (SSSR count). The highest BCUT2D eigenvalue weighted by atomic mass is 32.2. The zero-order valence-corrected chi connectivity index (χ0v) is 10.6. The molecule has 1 N–H and O–H groups in total. The average Bonchev–Trinajstić information content (AvgIpc) is 2.27. The molecule has 1 atom stereocenters. The van der Waals surface area contributed by atoms with Gasteiger partial charge in [0.2, 0.25) is 10.0 Å². The van der Waals surface area contributed by atoms with Crippen LogP contribution in [0, 0.1) is 0 Å². The van der Waals surface area contributed by atoms with E-state index in [0.717, 1.165) is 0 Å². The van der Waals surface area contributed by atoms with Gasteiger partial charge in [0.25, 0.3) is 0 Å². The van der Waals surface area contributed by atoms with Crippen molar-refractivity contribution in [3.8, 4) is 0 Å². The van der Waals surface area contributed by atoms with Crippen LogP contribution in [0.1, 0.15) is 0 Å². The van der Waals surface area contributed by atoms with Gasteiger partial charge in [0.05, 0.1) is 25.1 Å². The number of methoxy groups -OCH3 is 1. The predicted octanol–water partition coefficient (Wildman–Crippen LogP) is -1.12. The van der Waals surface area contributed by atoms with Gasteiger partial charge in [-0.05, 0) is 7.05 Å². The number of hydrogen-bond acceptors (Lipinski definition) is 5. The Hall–Kier alpha value is -0.210. The van der Waals surface area contributed by atoms with E-state index in [1.54, 1.807) is 0 Å². The van der Waals surface area contributed by atoms with E-state index in [0.29, 0.717) is 26.2 Å². The van der Waals surface area contributed by atoms with Crippen molar-refractivity contribution in [3.63, 3.8) is 0 Å². The Morgan fingerprint density at radius 3 is 2.94 bits per heavy atom. The van der Waals surface area contributed by atoms with Gasteiger partial charge in [0, 0.05) is 26.7 Å². The summed E-state index contributed by atoms with van der Waals surface area (Å²) >= 11 is 0. The maximum absolute atomic E-state index is 11.9. The van der Waals surface area contributed by atoms with Crippen LogP contribution in [0.25, 0.3) is 0 Å². The molecule has 96 valence electrons. The van der Waals surface area contributed by atoms with E-state index in [1.165, 1.54) is 11.4 Å². The number of rotatable bonds is 6. The third-order valence-corrected chi connectivity index (χ3v) is 4.27. The van der Waals surface area contributed by atoms with Crippen molar-refractivity contribution in [2.24, 2.45) is 0 Å². The molecule has 0 spiro atoms. The lowest BCUT2D eigenvalue weighted by Gasteiger charge is -2.32. The highest BCUT2D eigenvalue weighted by Crippen LogP contribution is 2.10. The first-order valence-corrected chi connectivity index (χ1v) is 6.94. The molecule has 1 saturated heterocycles. The average molecular weight is 252 g/mol. The topological polar surface area (TPSA) is 67.9 Å². The summed E-state index contributed by atoms with van der Waals surface area (Å²) in [5.41, 5.74) is 0. The number of morpholine rings is 1. The molecular weight excluding hydrogens is 232 g/mol. The Morgan fingerprint density at radius 2 is 2.31 bits per heavy atom. The van der Waals surface area contributed by atoms with E-state index in [1.807, 2.05) is 7.05 Å². The second-order valence-corrected chi connectivity index (χ2v) is 5.81. The van der Waals surface area contributed by atoms with Crippen molar-refractivity contribution in [1.29, 1.82) is 0 Å². The normalized spacial score (nSPS) is 23.5. The Morgan fingerprint density at radius 1 is 1.56 bits per heavy atom. The molecule has 0 saturated carbocycles. The van der Waals surface area contributed by atoms with Crippen molar-refractivity contribution in [1.82, 2.24) is 9.62 Å². The van der Waals surface area contributed by atoms with E-state index >= 15 is 0 Å². The molecule has 1 aliphatic rings. The lowest BCUT2D eigenvalue weighted by Crippen LogP contribution is -2.49. The molecule has 1 aliphatic heterocycles. The molecule has 16 heavy (non-hydrogen) atoms. The van der Waals surface area contributed by atoms with E-state index in [-0.39, 0.29) is 18.5 Å². The third-order valence-electron chi connectivity index (χ3n) is 2.47. The highest BCUT2D eigenvalue weighted by molar-refractivity contribution is 7.89. The maximum Gasteiger partial charge on any atom is 0.216 e. The smallest absolute Gasteiger partial charge is 0.216 e. The number of ether oxygens (including phenoxy) is 2. The predicted molar refractivity (Wildman–Crippen MR) is 60.9 cm³/mol. The monoisotopic (exact) mass is 252 g/mol. The minimum Gasteiger partial charge on any atom is -0.384 e. The Bertz CT molecular complexity index is 292. The van der Waals surface area contributed by atoms with Crippen LogP contribution in [0.15, 0.2) is 0 Å². The van der Waals surface area contributed by atoms with E-state index in [4.69, 9.17) is 9.47 Å². The van der Waals surface area contributed by atoms with Crippen LogP contribution in [0.3, 0.4) is 0 Å². The summed E-state index contributed by atoms with van der Waals surface area (Å²) in [6, 6.07) is 0. The molecule has 0 aromatic carbocycles. The minimum absolute atomic E-state index is 0.0375. The summed E-state index contributed by atoms with van der Waals surface area (Å²) in [7, 11) is 0.124. The molecule has 1 fully saturated rings. The molecular formula is C9H20N2O4S. The molecule has 6 nitrogen and oxygen atoms in total. The number of likely N-dealkylation sites (N-methyl/N-ethyl adjacent to an activating group) is 1. The van der Waals surface area contributed by atoms with Gasteiger partial charge in [-0.3, -0.25) is 0 Å². The van der Waals surface area contributed by atoms with Gasteiger partial charge in [-0.1, -0.05) is 0 Å². The maximum atomic E-state index is 11.9. The fourth-order valence-corrected chi connectivity index (χ4v) is 3.00. The second-order valence-electron chi connectivity index (χ2n) is 3.72. The van der Waals surface area contributed by atoms with Crippen molar-refractivity contribution >= 4 is 10.0 Å². The molecule has 1 unspecified atom stereocenters. The van der Waals surface area contributed by atoms with Gasteiger partial charge < -0.3 is 14.8 Å². The van der Waals surface area contributed by atoms with Gasteiger partial charge in [-0.15, -0.1) is 0 Å². The lowest BCUT2D eigenvalue weighted by atomic mass is 10.3. The van der Waals surface area contributed by atoms with Gasteiger partial charge in [0.15, 0.2) is 0 Å². The Balaban J connectivity index is 2.52. The standard InChI is InChI=1S/C9H20N2O4S/c1-10-7-9-8-11(3-4-15-9)16(12,13)6-5-14-2/h9-10H,3-8H2,1-2H3. The summed E-state index contributed by atoms with van der Waals surface area (Å²) in [6.45, 7) is 2.21. The van der Waals surface area contributed by atoms with E-state index in [9.17, 15) is 8.42 Å². The quantitative estimate of drug-likeness (QED) is 0.649. The van der Waals surface area contributed by atoms with Crippen LogP contribution in [0.4, 0.5) is 0 Å². The highest BCUT2D eigenvalue weighted by Gasteiger charge is 2.28. The van der Waals surface area contributed by atoms with Crippen molar-refractivity contribution in [3.05, 3.63) is 0 Å². The van der Waals surface area contributed by atoms with E-state index < -0.39 is 10.0 Å². The summed E-state index contributed by atoms with van der Waals surface area (Å²) < 4.78 is 35.5. The Kier molecular flexibility index (Phi) is 5.63. The SMILES string of the molecule is CNCC1CN(S(=O)(=O)CCOC)CCO1. The zero-order chi connectivity index (χ0) is 12.0. The molecule has 0 aromatic rings. The second kappa shape index (κ2) is 6.51. The van der Waals surface area contributed by atoms with Gasteiger partial charge >= 0.3 is 0 Å². The number of nitrogens with zero attached hydrogens (tertiary/aromatic N) is 1.